The molecule has 2 amide bonds. The molecule has 0 aliphatic rings. The molecule has 0 aliphatic carbocycles. The maximum atomic E-state index is 12.7. The molecule has 1 aromatic carbocycles. The van der Waals surface area contributed by atoms with E-state index in [2.05, 4.69) is 10.6 Å². The van der Waals surface area contributed by atoms with Crippen LogP contribution in [0.25, 0.3) is 0 Å². The molecule has 0 saturated carbocycles. The number of carbonyl (C=O) groups is 2. The van der Waals surface area contributed by atoms with E-state index in [-0.39, 0.29) is 17.2 Å². The first-order chi connectivity index (χ1) is 12.9. The first kappa shape index (κ1) is 20.4. The Hall–Kier alpha value is -2.89. The molecule has 0 fully saturated rings. The van der Waals surface area contributed by atoms with E-state index < -0.39 is 17.2 Å². The Morgan fingerprint density at radius 3 is 2.26 bits per heavy atom. The van der Waals surface area contributed by atoms with Crippen LogP contribution in [0.2, 0.25) is 0 Å². The standard InChI is InChI=1S/C21H27N3O3/c1-4-5-11-22-20(26)17-13-24(12-16-9-7-6-8-10-16)14-18(19(17)25)21(27)23-15(2)3/h6-10,13-15H,4-5,11-12H2,1-3H3,(H,22,26)(H,23,27). The summed E-state index contributed by atoms with van der Waals surface area (Å²) in [7, 11) is 0. The van der Waals surface area contributed by atoms with E-state index >= 15 is 0 Å². The molecular weight excluding hydrogens is 342 g/mol. The molecule has 0 unspecified atom stereocenters. The zero-order valence-corrected chi connectivity index (χ0v) is 16.1. The molecule has 0 atom stereocenters. The Kier molecular flexibility index (Phi) is 7.34. The molecule has 27 heavy (non-hydrogen) atoms. The topological polar surface area (TPSA) is 80.2 Å². The maximum Gasteiger partial charge on any atom is 0.256 e. The predicted molar refractivity (Wildman–Crippen MR) is 106 cm³/mol. The predicted octanol–water partition coefficient (Wildman–Crippen LogP) is 2.56. The second-order valence-electron chi connectivity index (χ2n) is 6.81. The van der Waals surface area contributed by atoms with E-state index in [1.165, 1.54) is 12.4 Å². The monoisotopic (exact) mass is 369 g/mol. The Balaban J connectivity index is 2.41. The van der Waals surface area contributed by atoms with Gasteiger partial charge < -0.3 is 15.2 Å². The molecule has 0 bridgehead atoms. The van der Waals surface area contributed by atoms with Crippen molar-refractivity contribution in [3.05, 3.63) is 69.6 Å². The van der Waals surface area contributed by atoms with Gasteiger partial charge in [0.2, 0.25) is 5.43 Å². The zero-order valence-electron chi connectivity index (χ0n) is 16.1. The van der Waals surface area contributed by atoms with Gasteiger partial charge in [-0.05, 0) is 25.8 Å². The van der Waals surface area contributed by atoms with E-state index in [4.69, 9.17) is 0 Å². The van der Waals surface area contributed by atoms with Crippen LogP contribution < -0.4 is 16.1 Å². The van der Waals surface area contributed by atoms with Crippen LogP contribution in [0.4, 0.5) is 0 Å². The van der Waals surface area contributed by atoms with Crippen molar-refractivity contribution in [2.75, 3.05) is 6.54 Å². The lowest BCUT2D eigenvalue weighted by molar-refractivity contribution is 0.0941. The fourth-order valence-electron chi connectivity index (χ4n) is 2.65. The minimum absolute atomic E-state index is 0.0153. The van der Waals surface area contributed by atoms with Crippen molar-refractivity contribution in [3.8, 4) is 0 Å². The summed E-state index contributed by atoms with van der Waals surface area (Å²) in [5, 5.41) is 5.48. The normalized spacial score (nSPS) is 10.7. The second kappa shape index (κ2) is 9.71. The van der Waals surface area contributed by atoms with Gasteiger partial charge in [0.25, 0.3) is 11.8 Å². The SMILES string of the molecule is CCCCNC(=O)c1cn(Cc2ccccc2)cc(C(=O)NC(C)C)c1=O. The number of carbonyl (C=O) groups excluding carboxylic acids is 2. The summed E-state index contributed by atoms with van der Waals surface area (Å²) < 4.78 is 1.71. The van der Waals surface area contributed by atoms with Gasteiger partial charge in [0.15, 0.2) is 0 Å². The molecule has 2 N–H and O–H groups in total. The lowest BCUT2D eigenvalue weighted by atomic mass is 10.1. The van der Waals surface area contributed by atoms with Crippen molar-refractivity contribution in [1.82, 2.24) is 15.2 Å². The highest BCUT2D eigenvalue weighted by Crippen LogP contribution is 2.06. The quantitative estimate of drug-likeness (QED) is 0.702. The second-order valence-corrected chi connectivity index (χ2v) is 6.81. The lowest BCUT2D eigenvalue weighted by Gasteiger charge is -2.14. The highest BCUT2D eigenvalue weighted by atomic mass is 16.2. The van der Waals surface area contributed by atoms with Gasteiger partial charge in [0.1, 0.15) is 11.1 Å². The van der Waals surface area contributed by atoms with Crippen molar-refractivity contribution in [2.45, 2.75) is 46.2 Å². The van der Waals surface area contributed by atoms with Crippen LogP contribution in [-0.4, -0.2) is 29.0 Å². The van der Waals surface area contributed by atoms with Crippen molar-refractivity contribution in [2.24, 2.45) is 0 Å². The lowest BCUT2D eigenvalue weighted by Crippen LogP contribution is -2.37. The smallest absolute Gasteiger partial charge is 0.256 e. The van der Waals surface area contributed by atoms with Gasteiger partial charge in [-0.15, -0.1) is 0 Å². The van der Waals surface area contributed by atoms with Crippen LogP contribution in [0.5, 0.6) is 0 Å². The number of hydrogen-bond donors (Lipinski definition) is 2. The van der Waals surface area contributed by atoms with Gasteiger partial charge in [-0.1, -0.05) is 43.7 Å². The van der Waals surface area contributed by atoms with Gasteiger partial charge in [0.05, 0.1) is 0 Å². The Morgan fingerprint density at radius 1 is 1.04 bits per heavy atom. The number of unbranched alkanes of at least 4 members (excludes halogenated alkanes) is 1. The maximum absolute atomic E-state index is 12.7. The summed E-state index contributed by atoms with van der Waals surface area (Å²) in [5.74, 6) is -0.922. The van der Waals surface area contributed by atoms with E-state index in [0.29, 0.717) is 13.1 Å². The van der Waals surface area contributed by atoms with Crippen molar-refractivity contribution < 1.29 is 9.59 Å². The Bertz CT molecular complexity index is 841. The van der Waals surface area contributed by atoms with E-state index in [0.717, 1.165) is 18.4 Å². The summed E-state index contributed by atoms with van der Waals surface area (Å²) in [6, 6.07) is 9.55. The summed E-state index contributed by atoms with van der Waals surface area (Å²) in [4.78, 5) is 37.7. The molecule has 0 aliphatic heterocycles. The van der Waals surface area contributed by atoms with E-state index in [9.17, 15) is 14.4 Å². The molecule has 2 rings (SSSR count). The molecule has 0 saturated heterocycles. The number of pyridine rings is 1. The molecule has 6 heteroatoms. The number of hydrogen-bond acceptors (Lipinski definition) is 3. The number of nitrogens with zero attached hydrogens (tertiary/aromatic N) is 1. The average Bonchev–Trinajstić information content (AvgIpc) is 2.63. The van der Waals surface area contributed by atoms with Crippen molar-refractivity contribution >= 4 is 11.8 Å². The first-order valence-corrected chi connectivity index (χ1v) is 9.29. The molecule has 0 spiro atoms. The molecule has 144 valence electrons. The Labute approximate surface area is 159 Å². The molecule has 1 heterocycles. The largest absolute Gasteiger partial charge is 0.352 e. The van der Waals surface area contributed by atoms with Crippen molar-refractivity contribution in [1.29, 1.82) is 0 Å². The molecule has 0 radical (unpaired) electrons. The van der Waals surface area contributed by atoms with Crippen LogP contribution in [-0.2, 0) is 6.54 Å². The summed E-state index contributed by atoms with van der Waals surface area (Å²) >= 11 is 0. The Morgan fingerprint density at radius 2 is 1.67 bits per heavy atom. The van der Waals surface area contributed by atoms with Crippen molar-refractivity contribution in [3.63, 3.8) is 0 Å². The zero-order chi connectivity index (χ0) is 19.8. The van der Waals surface area contributed by atoms with Crippen LogP contribution in [0.1, 0.15) is 59.9 Å². The number of benzene rings is 1. The average molecular weight is 369 g/mol. The van der Waals surface area contributed by atoms with Crippen LogP contribution in [0.15, 0.2) is 47.5 Å². The minimum atomic E-state index is -0.550. The number of amides is 2. The number of aromatic nitrogens is 1. The van der Waals surface area contributed by atoms with Gasteiger partial charge in [-0.2, -0.15) is 0 Å². The van der Waals surface area contributed by atoms with E-state index in [1.54, 1.807) is 4.57 Å². The van der Waals surface area contributed by atoms with Crippen LogP contribution >= 0.6 is 0 Å². The van der Waals surface area contributed by atoms with Gasteiger partial charge in [-0.3, -0.25) is 14.4 Å². The van der Waals surface area contributed by atoms with Crippen LogP contribution in [0, 0.1) is 0 Å². The molecule has 6 nitrogen and oxygen atoms in total. The third kappa shape index (κ3) is 5.81. The van der Waals surface area contributed by atoms with Crippen LogP contribution in [0.3, 0.4) is 0 Å². The highest BCUT2D eigenvalue weighted by molar-refractivity contribution is 5.99. The minimum Gasteiger partial charge on any atom is -0.352 e. The highest BCUT2D eigenvalue weighted by Gasteiger charge is 2.19. The molecule has 1 aromatic heterocycles. The van der Waals surface area contributed by atoms with Gasteiger partial charge in [-0.25, -0.2) is 0 Å². The number of nitrogens with one attached hydrogen (secondary N) is 2. The number of rotatable bonds is 8. The summed E-state index contributed by atoms with van der Waals surface area (Å²) in [6.45, 7) is 6.62. The van der Waals surface area contributed by atoms with Gasteiger partial charge in [0, 0.05) is 31.5 Å². The third-order valence-corrected chi connectivity index (χ3v) is 4.01. The molecule has 2 aromatic rings. The molecular formula is C21H27N3O3. The van der Waals surface area contributed by atoms with E-state index in [1.807, 2.05) is 51.1 Å². The fraction of sp³-hybridized carbons (Fsp3) is 0.381. The first-order valence-electron chi connectivity index (χ1n) is 9.29. The fourth-order valence-corrected chi connectivity index (χ4v) is 2.65. The third-order valence-electron chi connectivity index (χ3n) is 4.01. The summed E-state index contributed by atoms with van der Waals surface area (Å²) in [6.07, 6.45) is 4.80. The van der Waals surface area contributed by atoms with Gasteiger partial charge >= 0.3 is 0 Å². The summed E-state index contributed by atoms with van der Waals surface area (Å²) in [5.41, 5.74) is 0.418.